The van der Waals surface area contributed by atoms with Crippen LogP contribution in [0.25, 0.3) is 0 Å². The molecule has 2 saturated heterocycles. The summed E-state index contributed by atoms with van der Waals surface area (Å²) in [5.41, 5.74) is -0.733. The molecule has 0 aromatic carbocycles. The highest BCUT2D eigenvalue weighted by molar-refractivity contribution is 5.91. The number of carbonyl (C=O) groups is 2. The molecular weight excluding hydrogens is 612 g/mol. The van der Waals surface area contributed by atoms with E-state index in [9.17, 15) is 9.59 Å². The van der Waals surface area contributed by atoms with Gasteiger partial charge in [-0.15, -0.1) is 0 Å². The SMILES string of the molecule is CCCC(Nc1nc(NC(=O)CCC(=O)O)nc(NC(CCC)C2CC(C)(C)N(OC)C(C)(C)C2)n1)C1CC(C)(C)N(OC)C(C)(C)C1. The summed E-state index contributed by atoms with van der Waals surface area (Å²) in [5, 5.41) is 23.4. The van der Waals surface area contributed by atoms with Crippen LogP contribution in [-0.4, -0.2) is 90.5 Å². The van der Waals surface area contributed by atoms with E-state index in [1.807, 2.05) is 0 Å². The summed E-state index contributed by atoms with van der Waals surface area (Å²) in [5.74, 6) is -0.00479. The molecule has 0 aliphatic carbocycles. The van der Waals surface area contributed by atoms with Gasteiger partial charge in [-0.25, -0.2) is 0 Å². The topological polar surface area (TPSA) is 154 Å². The predicted molar refractivity (Wildman–Crippen MR) is 189 cm³/mol. The first kappa shape index (κ1) is 39.8. The van der Waals surface area contributed by atoms with E-state index < -0.39 is 11.9 Å². The number of carboxylic acid groups (broad SMARTS) is 1. The van der Waals surface area contributed by atoms with E-state index in [4.69, 9.17) is 19.8 Å². The molecule has 4 N–H and O–H groups in total. The average Bonchev–Trinajstić information content (AvgIpc) is 2.93. The highest BCUT2D eigenvalue weighted by Gasteiger charge is 2.49. The van der Waals surface area contributed by atoms with Crippen LogP contribution < -0.4 is 16.0 Å². The predicted octanol–water partition coefficient (Wildman–Crippen LogP) is 6.50. The lowest BCUT2D eigenvalue weighted by Crippen LogP contribution is -2.61. The van der Waals surface area contributed by atoms with E-state index in [1.165, 1.54) is 0 Å². The lowest BCUT2D eigenvalue weighted by atomic mass is 9.71. The van der Waals surface area contributed by atoms with Crippen molar-refractivity contribution in [3.05, 3.63) is 0 Å². The van der Waals surface area contributed by atoms with Crippen molar-refractivity contribution in [2.75, 3.05) is 30.2 Å². The summed E-state index contributed by atoms with van der Waals surface area (Å²) < 4.78 is 0. The third kappa shape index (κ3) is 9.98. The van der Waals surface area contributed by atoms with Gasteiger partial charge >= 0.3 is 5.97 Å². The van der Waals surface area contributed by atoms with Crippen molar-refractivity contribution in [2.24, 2.45) is 11.8 Å². The molecule has 2 aliphatic heterocycles. The number of hydrogen-bond acceptors (Lipinski definition) is 11. The summed E-state index contributed by atoms with van der Waals surface area (Å²) in [6, 6.07) is 0.148. The molecule has 13 nitrogen and oxygen atoms in total. The first-order valence-corrected chi connectivity index (χ1v) is 17.8. The molecule has 1 aromatic heterocycles. The second-order valence-electron chi connectivity index (χ2n) is 16.4. The van der Waals surface area contributed by atoms with Crippen LogP contribution in [0.5, 0.6) is 0 Å². The smallest absolute Gasteiger partial charge is 0.303 e. The van der Waals surface area contributed by atoms with Gasteiger partial charge in [0.2, 0.25) is 23.8 Å². The molecule has 2 unspecified atom stereocenters. The molecule has 0 saturated carbocycles. The Balaban J connectivity index is 1.98. The summed E-state index contributed by atoms with van der Waals surface area (Å²) in [6.45, 7) is 22.1. The minimum Gasteiger partial charge on any atom is -0.481 e. The van der Waals surface area contributed by atoms with Gasteiger partial charge in [0, 0.05) is 40.7 Å². The fraction of sp³-hybridized carbons (Fsp3) is 0.857. The van der Waals surface area contributed by atoms with Crippen molar-refractivity contribution in [1.82, 2.24) is 25.1 Å². The van der Waals surface area contributed by atoms with Gasteiger partial charge in [-0.1, -0.05) is 26.7 Å². The van der Waals surface area contributed by atoms with E-state index >= 15 is 0 Å². The molecular formula is C35H64N8O5. The molecule has 274 valence electrons. The Labute approximate surface area is 288 Å². The van der Waals surface area contributed by atoms with Gasteiger partial charge < -0.3 is 25.4 Å². The lowest BCUT2D eigenvalue weighted by molar-refractivity contribution is -0.272. The number of nitrogens with zero attached hydrogens (tertiary/aromatic N) is 5. The van der Waals surface area contributed by atoms with E-state index in [2.05, 4.69) is 105 Å². The minimum atomic E-state index is -1.04. The molecule has 1 amide bonds. The number of hydrogen-bond donors (Lipinski definition) is 4. The average molecular weight is 677 g/mol. The van der Waals surface area contributed by atoms with Crippen LogP contribution in [-0.2, 0) is 19.3 Å². The van der Waals surface area contributed by atoms with Gasteiger partial charge in [-0.2, -0.15) is 25.1 Å². The Hall–Kier alpha value is -2.61. The number of anilines is 3. The maximum atomic E-state index is 12.7. The summed E-state index contributed by atoms with van der Waals surface area (Å²) in [6.07, 6.45) is 7.00. The molecule has 0 radical (unpaired) electrons. The summed E-state index contributed by atoms with van der Waals surface area (Å²) in [7, 11) is 3.48. The van der Waals surface area contributed by atoms with Gasteiger partial charge in [-0.05, 0) is 106 Å². The molecule has 3 rings (SSSR count). The van der Waals surface area contributed by atoms with E-state index in [0.29, 0.717) is 23.7 Å². The quantitative estimate of drug-likeness (QED) is 0.151. The fourth-order valence-electron chi connectivity index (χ4n) is 9.01. The Bertz CT molecular complexity index is 1130. The van der Waals surface area contributed by atoms with Crippen molar-refractivity contribution < 1.29 is 24.4 Å². The molecule has 3 heterocycles. The number of piperidine rings is 2. The number of amides is 1. The largest absolute Gasteiger partial charge is 0.481 e. The van der Waals surface area contributed by atoms with E-state index in [-0.39, 0.29) is 53.0 Å². The second-order valence-corrected chi connectivity index (χ2v) is 16.4. The van der Waals surface area contributed by atoms with Crippen molar-refractivity contribution in [3.8, 4) is 0 Å². The molecule has 48 heavy (non-hydrogen) atoms. The zero-order valence-electron chi connectivity index (χ0n) is 31.7. The zero-order valence-corrected chi connectivity index (χ0v) is 31.7. The van der Waals surface area contributed by atoms with Crippen LogP contribution in [0.3, 0.4) is 0 Å². The normalized spacial score (nSPS) is 22.5. The number of aromatic nitrogens is 3. The molecule has 2 fully saturated rings. The summed E-state index contributed by atoms with van der Waals surface area (Å²) >= 11 is 0. The van der Waals surface area contributed by atoms with Crippen LogP contribution in [0.2, 0.25) is 0 Å². The molecule has 1 aromatic rings. The maximum Gasteiger partial charge on any atom is 0.303 e. The highest BCUT2D eigenvalue weighted by atomic mass is 16.7. The zero-order chi connectivity index (χ0) is 36.1. The van der Waals surface area contributed by atoms with Crippen molar-refractivity contribution in [3.63, 3.8) is 0 Å². The molecule has 13 heteroatoms. The monoisotopic (exact) mass is 676 g/mol. The number of carboxylic acids is 1. The Morgan fingerprint density at radius 1 is 0.708 bits per heavy atom. The van der Waals surface area contributed by atoms with Gasteiger partial charge in [0.15, 0.2) is 0 Å². The van der Waals surface area contributed by atoms with Gasteiger partial charge in [0.05, 0.1) is 20.6 Å². The van der Waals surface area contributed by atoms with Crippen LogP contribution in [0.15, 0.2) is 0 Å². The van der Waals surface area contributed by atoms with Gasteiger partial charge in [0.25, 0.3) is 0 Å². The standard InChI is InChI=1S/C35H64N8O5/c1-13-15-25(23-19-32(3,4)42(47-11)33(5,6)20-23)36-29-39-30(41-31(40-29)38-27(44)17-18-28(45)46)37-26(16-14-2)24-21-34(7,8)43(48-12)35(9,10)22-24/h23-26H,13-22H2,1-12H3,(H,45,46)(H3,36,37,38,39,40,41,44). The van der Waals surface area contributed by atoms with Crippen LogP contribution in [0, 0.1) is 11.8 Å². The van der Waals surface area contributed by atoms with E-state index in [1.54, 1.807) is 14.2 Å². The number of hydroxylamine groups is 4. The third-order valence-corrected chi connectivity index (χ3v) is 10.0. The number of rotatable bonds is 16. The van der Waals surface area contributed by atoms with Gasteiger partial charge in [-0.3, -0.25) is 14.9 Å². The Kier molecular flexibility index (Phi) is 13.2. The minimum absolute atomic E-state index is 0.0739. The lowest BCUT2D eigenvalue weighted by Gasteiger charge is -2.54. The number of aliphatic carboxylic acids is 1. The molecule has 2 aliphatic rings. The second kappa shape index (κ2) is 15.9. The molecule has 2 atom stereocenters. The molecule has 0 bridgehead atoms. The van der Waals surface area contributed by atoms with Gasteiger partial charge in [0.1, 0.15) is 0 Å². The Morgan fingerprint density at radius 3 is 1.38 bits per heavy atom. The van der Waals surface area contributed by atoms with Crippen molar-refractivity contribution >= 4 is 29.7 Å². The fourth-order valence-corrected chi connectivity index (χ4v) is 9.01. The van der Waals surface area contributed by atoms with Crippen molar-refractivity contribution in [2.45, 2.75) is 168 Å². The van der Waals surface area contributed by atoms with Crippen molar-refractivity contribution in [1.29, 1.82) is 0 Å². The van der Waals surface area contributed by atoms with Crippen LogP contribution in [0.1, 0.15) is 133 Å². The first-order chi connectivity index (χ1) is 22.3. The van der Waals surface area contributed by atoms with Crippen LogP contribution in [0.4, 0.5) is 17.8 Å². The summed E-state index contributed by atoms with van der Waals surface area (Å²) in [4.78, 5) is 49.8. The Morgan fingerprint density at radius 2 is 1.06 bits per heavy atom. The number of nitrogens with one attached hydrogen (secondary N) is 3. The maximum absolute atomic E-state index is 12.7. The first-order valence-electron chi connectivity index (χ1n) is 17.8. The molecule has 0 spiro atoms. The highest BCUT2D eigenvalue weighted by Crippen LogP contribution is 2.45. The number of carbonyl (C=O) groups excluding carboxylic acids is 1. The van der Waals surface area contributed by atoms with E-state index in [0.717, 1.165) is 51.4 Å². The van der Waals surface area contributed by atoms with Crippen LogP contribution >= 0.6 is 0 Å². The third-order valence-electron chi connectivity index (χ3n) is 10.0.